The summed E-state index contributed by atoms with van der Waals surface area (Å²) in [6, 6.07) is 0.279. The molecule has 7 heteroatoms. The van der Waals surface area contributed by atoms with Crippen molar-refractivity contribution in [3.05, 3.63) is 0 Å². The van der Waals surface area contributed by atoms with Crippen molar-refractivity contribution in [2.45, 2.75) is 33.1 Å². The van der Waals surface area contributed by atoms with Gasteiger partial charge in [-0.05, 0) is 24.7 Å². The van der Waals surface area contributed by atoms with Gasteiger partial charge in [-0.3, -0.25) is 5.43 Å². The molecule has 1 fully saturated rings. The molecule has 0 bridgehead atoms. The van der Waals surface area contributed by atoms with Crippen LogP contribution in [0.3, 0.4) is 0 Å². The van der Waals surface area contributed by atoms with Crippen LogP contribution >= 0.6 is 0 Å². The molecule has 2 rings (SSSR count). The number of nitrogen functional groups attached to an aromatic ring is 1. The highest BCUT2D eigenvalue weighted by Gasteiger charge is 2.24. The van der Waals surface area contributed by atoms with Crippen molar-refractivity contribution < 1.29 is 4.74 Å². The van der Waals surface area contributed by atoms with Gasteiger partial charge in [-0.1, -0.05) is 13.8 Å². The molecule has 0 aromatic carbocycles. The molecule has 1 aromatic heterocycles. The van der Waals surface area contributed by atoms with Crippen LogP contribution < -0.4 is 20.9 Å². The minimum Gasteiger partial charge on any atom is -0.467 e. The molecule has 1 aliphatic rings. The fourth-order valence-electron chi connectivity index (χ4n) is 2.27. The smallest absolute Gasteiger partial charge is 0.322 e. The summed E-state index contributed by atoms with van der Waals surface area (Å²) in [4.78, 5) is 14.8. The molecule has 2 heterocycles. The first-order valence-electron chi connectivity index (χ1n) is 6.56. The topological polar surface area (TPSA) is 89.2 Å². The molecule has 0 saturated carbocycles. The summed E-state index contributed by atoms with van der Waals surface area (Å²) in [5.41, 5.74) is 2.82. The molecule has 1 aliphatic heterocycles. The summed E-state index contributed by atoms with van der Waals surface area (Å²) in [5.74, 6) is 6.32. The molecule has 1 saturated heterocycles. The van der Waals surface area contributed by atoms with Gasteiger partial charge in [-0.25, -0.2) is 5.84 Å². The minimum atomic E-state index is 0.279. The molecule has 0 atom stereocenters. The maximum absolute atomic E-state index is 5.37. The Morgan fingerprint density at radius 1 is 1.21 bits per heavy atom. The molecule has 3 N–H and O–H groups in total. The Bertz CT molecular complexity index is 414. The zero-order chi connectivity index (χ0) is 13.9. The zero-order valence-corrected chi connectivity index (χ0v) is 11.8. The van der Waals surface area contributed by atoms with Gasteiger partial charge in [0.2, 0.25) is 11.9 Å². The van der Waals surface area contributed by atoms with Crippen LogP contribution in [0.1, 0.15) is 33.1 Å². The first-order chi connectivity index (χ1) is 9.04. The monoisotopic (exact) mass is 266 g/mol. The molecule has 0 unspecified atom stereocenters. The molecule has 0 radical (unpaired) electrons. The van der Waals surface area contributed by atoms with E-state index in [0.29, 0.717) is 17.3 Å². The highest BCUT2D eigenvalue weighted by molar-refractivity contribution is 5.37. The molecule has 0 aliphatic carbocycles. The Kier molecular flexibility index (Phi) is 4.04. The summed E-state index contributed by atoms with van der Waals surface area (Å²) in [7, 11) is 1.53. The molecule has 7 nitrogen and oxygen atoms in total. The number of methoxy groups -OCH3 is 1. The number of hydrogen-bond donors (Lipinski definition) is 2. The van der Waals surface area contributed by atoms with Crippen LogP contribution in [-0.2, 0) is 0 Å². The van der Waals surface area contributed by atoms with Crippen molar-refractivity contribution in [3.8, 4) is 6.01 Å². The van der Waals surface area contributed by atoms with Gasteiger partial charge >= 0.3 is 6.01 Å². The minimum absolute atomic E-state index is 0.279. The number of aromatic nitrogens is 3. The number of anilines is 2. The van der Waals surface area contributed by atoms with Crippen LogP contribution in [0.25, 0.3) is 0 Å². The quantitative estimate of drug-likeness (QED) is 0.627. The maximum atomic E-state index is 5.37. The van der Waals surface area contributed by atoms with Crippen LogP contribution in [0.5, 0.6) is 6.01 Å². The van der Waals surface area contributed by atoms with Gasteiger partial charge in [0, 0.05) is 13.1 Å². The molecule has 106 valence electrons. The number of ether oxygens (including phenoxy) is 1. The van der Waals surface area contributed by atoms with Crippen molar-refractivity contribution in [2.24, 2.45) is 11.3 Å². The normalized spacial score (nSPS) is 18.8. The van der Waals surface area contributed by atoms with Crippen molar-refractivity contribution in [2.75, 3.05) is 30.5 Å². The van der Waals surface area contributed by atoms with Crippen molar-refractivity contribution in [1.29, 1.82) is 0 Å². The lowest BCUT2D eigenvalue weighted by atomic mass is 9.85. The molecule has 1 aromatic rings. The summed E-state index contributed by atoms with van der Waals surface area (Å²) in [6.07, 6.45) is 3.46. The largest absolute Gasteiger partial charge is 0.467 e. The third-order valence-corrected chi connectivity index (χ3v) is 3.54. The second-order valence-corrected chi connectivity index (χ2v) is 5.59. The molecule has 0 spiro atoms. The number of nitrogens with one attached hydrogen (secondary N) is 1. The average molecular weight is 266 g/mol. The Morgan fingerprint density at radius 3 is 2.68 bits per heavy atom. The van der Waals surface area contributed by atoms with E-state index >= 15 is 0 Å². The van der Waals surface area contributed by atoms with Crippen molar-refractivity contribution >= 4 is 11.9 Å². The first kappa shape index (κ1) is 13.8. The van der Waals surface area contributed by atoms with E-state index in [-0.39, 0.29) is 6.01 Å². The highest BCUT2D eigenvalue weighted by Crippen LogP contribution is 2.31. The standard InChI is InChI=1S/C12H22N6O/c1-12(2)5-4-7-18(8-6-12)10-14-9(17-13)15-11(16-10)19-3/h4-8,13H2,1-3H3,(H,14,15,16,17). The van der Waals surface area contributed by atoms with Crippen LogP contribution in [0.4, 0.5) is 11.9 Å². The lowest BCUT2D eigenvalue weighted by molar-refractivity contribution is 0.325. The van der Waals surface area contributed by atoms with Gasteiger partial charge in [0.25, 0.3) is 0 Å². The van der Waals surface area contributed by atoms with Gasteiger partial charge in [0.1, 0.15) is 0 Å². The number of rotatable bonds is 3. The fraction of sp³-hybridized carbons (Fsp3) is 0.750. The Labute approximate surface area is 113 Å². The number of nitrogens with zero attached hydrogens (tertiary/aromatic N) is 4. The van der Waals surface area contributed by atoms with E-state index in [1.54, 1.807) is 0 Å². The summed E-state index contributed by atoms with van der Waals surface area (Å²) >= 11 is 0. The fourth-order valence-corrected chi connectivity index (χ4v) is 2.27. The van der Waals surface area contributed by atoms with Crippen LogP contribution in [0.15, 0.2) is 0 Å². The summed E-state index contributed by atoms with van der Waals surface area (Å²) in [5, 5.41) is 0. The Balaban J connectivity index is 2.21. The Hall–Kier alpha value is -1.63. The predicted octanol–water partition coefficient (Wildman–Crippen LogP) is 1.18. The van der Waals surface area contributed by atoms with Gasteiger partial charge in [0.05, 0.1) is 7.11 Å². The second-order valence-electron chi connectivity index (χ2n) is 5.59. The van der Waals surface area contributed by atoms with E-state index in [9.17, 15) is 0 Å². The average Bonchev–Trinajstić information content (AvgIpc) is 2.59. The Morgan fingerprint density at radius 2 is 2.00 bits per heavy atom. The summed E-state index contributed by atoms with van der Waals surface area (Å²) in [6.45, 7) is 6.49. The van der Waals surface area contributed by atoms with E-state index < -0.39 is 0 Å². The SMILES string of the molecule is COc1nc(NN)nc(N2CCCC(C)(C)CC2)n1. The van der Waals surface area contributed by atoms with Crippen molar-refractivity contribution in [1.82, 2.24) is 15.0 Å². The van der Waals surface area contributed by atoms with E-state index in [0.717, 1.165) is 25.9 Å². The van der Waals surface area contributed by atoms with Crippen molar-refractivity contribution in [3.63, 3.8) is 0 Å². The van der Waals surface area contributed by atoms with Crippen LogP contribution in [0, 0.1) is 5.41 Å². The second kappa shape index (κ2) is 5.56. The van der Waals surface area contributed by atoms with Gasteiger partial charge in [-0.15, -0.1) is 0 Å². The van der Waals surface area contributed by atoms with E-state index in [1.807, 2.05) is 0 Å². The number of hydrogen-bond acceptors (Lipinski definition) is 7. The van der Waals surface area contributed by atoms with Gasteiger partial charge in [-0.2, -0.15) is 15.0 Å². The molecular formula is C12H22N6O. The van der Waals surface area contributed by atoms with E-state index in [4.69, 9.17) is 10.6 Å². The molecule has 0 amide bonds. The third-order valence-electron chi connectivity index (χ3n) is 3.54. The van der Waals surface area contributed by atoms with E-state index in [2.05, 4.69) is 39.1 Å². The lowest BCUT2D eigenvalue weighted by Crippen LogP contribution is -2.28. The maximum Gasteiger partial charge on any atom is 0.322 e. The number of nitrogens with two attached hydrogens (primary N) is 1. The molecule has 19 heavy (non-hydrogen) atoms. The first-order valence-corrected chi connectivity index (χ1v) is 6.56. The molecular weight excluding hydrogens is 244 g/mol. The highest BCUT2D eigenvalue weighted by atomic mass is 16.5. The third kappa shape index (κ3) is 3.44. The van der Waals surface area contributed by atoms with Gasteiger partial charge in [0.15, 0.2) is 0 Å². The number of hydrazine groups is 1. The van der Waals surface area contributed by atoms with Gasteiger partial charge < -0.3 is 9.64 Å². The lowest BCUT2D eigenvalue weighted by Gasteiger charge is -2.23. The van der Waals surface area contributed by atoms with E-state index in [1.165, 1.54) is 13.5 Å². The predicted molar refractivity (Wildman–Crippen MR) is 74.0 cm³/mol. The van der Waals surface area contributed by atoms with Crippen LogP contribution in [-0.4, -0.2) is 35.2 Å². The van der Waals surface area contributed by atoms with Crippen LogP contribution in [0.2, 0.25) is 0 Å². The summed E-state index contributed by atoms with van der Waals surface area (Å²) < 4.78 is 5.08. The zero-order valence-electron chi connectivity index (χ0n) is 11.8.